The molecule has 0 spiro atoms. The summed E-state index contributed by atoms with van der Waals surface area (Å²) >= 11 is 0. The molecule has 0 radical (unpaired) electrons. The molecule has 0 unspecified atom stereocenters. The van der Waals surface area contributed by atoms with Gasteiger partial charge < -0.3 is 47.7 Å². The van der Waals surface area contributed by atoms with E-state index in [1.54, 1.807) is 4.90 Å². The lowest BCUT2D eigenvalue weighted by molar-refractivity contribution is 0.0203. The molecule has 10 rings (SSSR count). The molecule has 0 bridgehead atoms. The van der Waals surface area contributed by atoms with Crippen molar-refractivity contribution in [3.05, 3.63) is 41.7 Å². The van der Waals surface area contributed by atoms with Crippen molar-refractivity contribution < 1.29 is 27.9 Å². The van der Waals surface area contributed by atoms with Crippen LogP contribution in [0.5, 0.6) is 0 Å². The molecule has 0 aromatic carbocycles. The molecule has 5 saturated heterocycles. The second-order valence-corrected chi connectivity index (χ2v) is 21.9. The molecule has 4 aromatic rings. The van der Waals surface area contributed by atoms with Crippen LogP contribution in [-0.2, 0) is 9.47 Å². The highest BCUT2D eigenvalue weighted by Crippen LogP contribution is 2.34. The van der Waals surface area contributed by atoms with Gasteiger partial charge >= 0.3 is 12.2 Å². The Kier molecular flexibility index (Phi) is 14.8. The van der Waals surface area contributed by atoms with Gasteiger partial charge in [-0.1, -0.05) is 18.9 Å². The summed E-state index contributed by atoms with van der Waals surface area (Å²) in [5, 5.41) is 0. The third kappa shape index (κ3) is 12.1. The van der Waals surface area contributed by atoms with Crippen LogP contribution in [0.15, 0.2) is 39.4 Å². The molecule has 0 saturated carbocycles. The molecule has 10 heterocycles. The van der Waals surface area contributed by atoms with E-state index >= 15 is 0 Å². The average Bonchev–Trinajstić information content (AvgIpc) is 3.98. The van der Waals surface area contributed by atoms with Crippen molar-refractivity contribution in [3.63, 3.8) is 0 Å². The SMILES string of the molecule is CC(C)(C)OC(=O)N1CC=C(c2cnc3nc(N4CCC(N5CCCCC5)CC4)oc3c2)CC1.CC(C)(C)OC(=O)N1CCC(c2cnc3nc(N4CCC(N5CCCCC5)CC4)oc3c2)CC1. The largest absolute Gasteiger partial charge is 0.444 e. The Morgan fingerprint density at radius 1 is 0.574 bits per heavy atom. The Morgan fingerprint density at radius 2 is 1.06 bits per heavy atom. The van der Waals surface area contributed by atoms with Gasteiger partial charge in [0.15, 0.2) is 11.2 Å². The third-order valence-electron chi connectivity index (χ3n) is 14.6. The summed E-state index contributed by atoms with van der Waals surface area (Å²) in [7, 11) is 0. The summed E-state index contributed by atoms with van der Waals surface area (Å²) in [6, 6.07) is 6.94. The molecule has 4 aromatic heterocycles. The lowest BCUT2D eigenvalue weighted by atomic mass is 9.90. The number of ether oxygens (including phenoxy) is 2. The van der Waals surface area contributed by atoms with Crippen LogP contribution in [0, 0.1) is 0 Å². The molecule has 68 heavy (non-hydrogen) atoms. The van der Waals surface area contributed by atoms with Crippen LogP contribution in [0.1, 0.15) is 142 Å². The summed E-state index contributed by atoms with van der Waals surface area (Å²) in [5.41, 5.74) is 5.26. The predicted molar refractivity (Wildman–Crippen MR) is 265 cm³/mol. The quantitative estimate of drug-likeness (QED) is 0.181. The van der Waals surface area contributed by atoms with Gasteiger partial charge in [-0.05, 0) is 173 Å². The smallest absolute Gasteiger partial charge is 0.410 e. The molecule has 5 fully saturated rings. The number of rotatable bonds is 6. The number of piperidine rings is 5. The first-order chi connectivity index (χ1) is 32.7. The minimum Gasteiger partial charge on any atom is -0.444 e. The van der Waals surface area contributed by atoms with E-state index in [4.69, 9.17) is 23.3 Å². The fourth-order valence-electron chi connectivity index (χ4n) is 10.9. The predicted octanol–water partition coefficient (Wildman–Crippen LogP) is 9.49. The molecule has 370 valence electrons. The van der Waals surface area contributed by atoms with Gasteiger partial charge in [0.1, 0.15) is 11.2 Å². The van der Waals surface area contributed by atoms with Gasteiger partial charge in [0.2, 0.25) is 11.3 Å². The number of oxazole rings is 2. The maximum absolute atomic E-state index is 12.4. The number of carbonyl (C=O) groups excluding carboxylic acids is 2. The highest BCUT2D eigenvalue weighted by atomic mass is 16.6. The first-order valence-corrected chi connectivity index (χ1v) is 25.9. The van der Waals surface area contributed by atoms with E-state index in [-0.39, 0.29) is 12.2 Å². The number of likely N-dealkylation sites (tertiary alicyclic amines) is 3. The molecule has 16 nitrogen and oxygen atoms in total. The Bertz CT molecular complexity index is 2350. The number of pyridine rings is 2. The Labute approximate surface area is 402 Å². The van der Waals surface area contributed by atoms with Crippen molar-refractivity contribution >= 4 is 52.2 Å². The fraction of sp³-hybridized carbons (Fsp3) is 0.692. The van der Waals surface area contributed by atoms with Crippen molar-refractivity contribution in [2.24, 2.45) is 0 Å². The number of hydrogen-bond donors (Lipinski definition) is 0. The molecule has 0 N–H and O–H groups in total. The highest BCUT2D eigenvalue weighted by molar-refractivity contribution is 5.78. The molecule has 2 amide bonds. The van der Waals surface area contributed by atoms with Crippen molar-refractivity contribution in [1.29, 1.82) is 0 Å². The summed E-state index contributed by atoms with van der Waals surface area (Å²) in [6.07, 6.45) is 20.8. The van der Waals surface area contributed by atoms with Crippen LogP contribution in [0.25, 0.3) is 28.0 Å². The first-order valence-electron chi connectivity index (χ1n) is 25.9. The van der Waals surface area contributed by atoms with Crippen molar-refractivity contribution in [1.82, 2.24) is 39.5 Å². The number of hydrogen-bond acceptors (Lipinski definition) is 14. The van der Waals surface area contributed by atoms with Gasteiger partial charge in [0, 0.05) is 76.8 Å². The van der Waals surface area contributed by atoms with E-state index in [0.29, 0.717) is 67.5 Å². The number of aromatic nitrogens is 4. The first kappa shape index (κ1) is 48.1. The second-order valence-electron chi connectivity index (χ2n) is 21.9. The monoisotopic (exact) mass is 937 g/mol. The Balaban J connectivity index is 0.000000170. The van der Waals surface area contributed by atoms with E-state index in [2.05, 4.69) is 46.7 Å². The van der Waals surface area contributed by atoms with Crippen LogP contribution in [0.3, 0.4) is 0 Å². The van der Waals surface area contributed by atoms with Crippen molar-refractivity contribution in [2.75, 3.05) is 88.3 Å². The second kappa shape index (κ2) is 21.0. The van der Waals surface area contributed by atoms with Gasteiger partial charge in [0.25, 0.3) is 12.0 Å². The topological polar surface area (TPSA) is 150 Å². The van der Waals surface area contributed by atoms with Crippen LogP contribution in [-0.4, -0.2) is 154 Å². The average molecular weight is 937 g/mol. The lowest BCUT2D eigenvalue weighted by Crippen LogP contribution is -2.46. The molecule has 0 atom stereocenters. The minimum absolute atomic E-state index is 0.219. The number of nitrogens with zero attached hydrogens (tertiary/aromatic N) is 10. The van der Waals surface area contributed by atoms with Gasteiger partial charge in [-0.2, -0.15) is 9.97 Å². The van der Waals surface area contributed by atoms with E-state index in [1.807, 2.05) is 64.9 Å². The van der Waals surface area contributed by atoms with Crippen LogP contribution >= 0.6 is 0 Å². The molecular formula is C52H76N10O6. The van der Waals surface area contributed by atoms with Crippen LogP contribution in [0.4, 0.5) is 21.6 Å². The number of amides is 2. The van der Waals surface area contributed by atoms with Crippen LogP contribution < -0.4 is 9.80 Å². The summed E-state index contributed by atoms with van der Waals surface area (Å²) in [5.74, 6) is 0.365. The normalized spacial score (nSPS) is 21.5. The molecule has 0 aliphatic carbocycles. The summed E-state index contributed by atoms with van der Waals surface area (Å²) < 4.78 is 23.4. The van der Waals surface area contributed by atoms with E-state index in [1.165, 1.54) is 102 Å². The summed E-state index contributed by atoms with van der Waals surface area (Å²) in [4.78, 5) is 56.7. The van der Waals surface area contributed by atoms with Gasteiger partial charge in [-0.15, -0.1) is 0 Å². The fourth-order valence-corrected chi connectivity index (χ4v) is 10.9. The molecule has 6 aliphatic rings. The highest BCUT2D eigenvalue weighted by Gasteiger charge is 2.32. The third-order valence-corrected chi connectivity index (χ3v) is 14.6. The van der Waals surface area contributed by atoms with E-state index in [9.17, 15) is 9.59 Å². The summed E-state index contributed by atoms with van der Waals surface area (Å²) in [6.45, 7) is 22.9. The van der Waals surface area contributed by atoms with Crippen molar-refractivity contribution in [2.45, 2.75) is 154 Å². The van der Waals surface area contributed by atoms with Crippen LogP contribution in [0.2, 0.25) is 0 Å². The Morgan fingerprint density at radius 3 is 1.54 bits per heavy atom. The van der Waals surface area contributed by atoms with Crippen molar-refractivity contribution in [3.8, 4) is 0 Å². The number of anilines is 2. The maximum Gasteiger partial charge on any atom is 0.410 e. The van der Waals surface area contributed by atoms with Gasteiger partial charge in [-0.3, -0.25) is 0 Å². The molecular weight excluding hydrogens is 861 g/mol. The minimum atomic E-state index is -0.483. The van der Waals surface area contributed by atoms with Gasteiger partial charge in [-0.25, -0.2) is 19.6 Å². The van der Waals surface area contributed by atoms with E-state index < -0.39 is 11.2 Å². The zero-order chi connectivity index (χ0) is 47.4. The zero-order valence-electron chi connectivity index (χ0n) is 41.7. The number of fused-ring (bicyclic) bond motifs is 2. The lowest BCUT2D eigenvalue weighted by Gasteiger charge is -2.39. The van der Waals surface area contributed by atoms with E-state index in [0.717, 1.165) is 62.2 Å². The standard InChI is InChI=1S/C26H39N5O3.C26H37N5O3/c2*1-26(2,3)34-25(32)31-13-7-19(8-14-31)20-17-22-23(27-18-20)28-24(33-22)30-15-9-21(10-16-30)29-11-5-4-6-12-29/h17-19,21H,4-16H2,1-3H3;7,17-18,21H,4-6,8-16H2,1-3H3. The zero-order valence-corrected chi connectivity index (χ0v) is 41.7. The molecule has 6 aliphatic heterocycles. The number of carbonyl (C=O) groups is 2. The molecule has 16 heteroatoms. The van der Waals surface area contributed by atoms with Gasteiger partial charge in [0.05, 0.1) is 0 Å². The Hall–Kier alpha value is -4.96. The maximum atomic E-state index is 12.4.